The molecule has 0 bridgehead atoms. The van der Waals surface area contributed by atoms with Gasteiger partial charge in [-0.25, -0.2) is 0 Å². The molecule has 6 nitrogen and oxygen atoms in total. The molecule has 166 valence electrons. The minimum absolute atomic E-state index is 0.00164. The molecular weight excluding hydrogens is 390 g/mol. The average Bonchev–Trinajstić information content (AvgIpc) is 2.71. The second-order valence-electron chi connectivity index (χ2n) is 9.05. The number of amides is 3. The number of benzene rings is 2. The highest BCUT2D eigenvalue weighted by molar-refractivity contribution is 5.98. The van der Waals surface area contributed by atoms with Crippen molar-refractivity contribution in [1.82, 2.24) is 10.2 Å². The minimum atomic E-state index is -0.382. The van der Waals surface area contributed by atoms with Crippen molar-refractivity contribution in [1.29, 1.82) is 0 Å². The Hall–Kier alpha value is -3.15. The van der Waals surface area contributed by atoms with Crippen molar-refractivity contribution in [3.63, 3.8) is 0 Å². The van der Waals surface area contributed by atoms with E-state index >= 15 is 0 Å². The maximum atomic E-state index is 13.0. The van der Waals surface area contributed by atoms with E-state index in [0.29, 0.717) is 11.3 Å². The van der Waals surface area contributed by atoms with Gasteiger partial charge in [-0.2, -0.15) is 0 Å². The van der Waals surface area contributed by atoms with Crippen LogP contribution >= 0.6 is 0 Å². The van der Waals surface area contributed by atoms with Gasteiger partial charge in [-0.05, 0) is 56.0 Å². The van der Waals surface area contributed by atoms with Crippen LogP contribution in [0, 0.1) is 6.92 Å². The van der Waals surface area contributed by atoms with E-state index in [0.717, 1.165) is 11.1 Å². The van der Waals surface area contributed by atoms with Crippen LogP contribution in [0.4, 0.5) is 5.69 Å². The van der Waals surface area contributed by atoms with Crippen LogP contribution in [0.5, 0.6) is 0 Å². The van der Waals surface area contributed by atoms with Gasteiger partial charge in [-0.1, -0.05) is 50.6 Å². The first-order chi connectivity index (χ1) is 14.5. The van der Waals surface area contributed by atoms with Gasteiger partial charge < -0.3 is 15.5 Å². The largest absolute Gasteiger partial charge is 0.345 e. The topological polar surface area (TPSA) is 78.5 Å². The SMILES string of the molecule is Cc1ccc(NC(=O)CNC(=O)CN(C(=O)c2ccc(C(C)(C)C)cc2)C(C)C)cc1. The summed E-state index contributed by atoms with van der Waals surface area (Å²) in [5.41, 5.74) is 3.43. The molecule has 0 unspecified atom stereocenters. The van der Waals surface area contributed by atoms with Gasteiger partial charge in [0, 0.05) is 17.3 Å². The maximum absolute atomic E-state index is 13.0. The summed E-state index contributed by atoms with van der Waals surface area (Å²) in [5, 5.41) is 5.32. The monoisotopic (exact) mass is 423 g/mol. The van der Waals surface area contributed by atoms with Gasteiger partial charge in [-0.3, -0.25) is 14.4 Å². The molecule has 0 saturated carbocycles. The number of hydrogen-bond donors (Lipinski definition) is 2. The molecule has 31 heavy (non-hydrogen) atoms. The lowest BCUT2D eigenvalue weighted by Gasteiger charge is -2.26. The molecule has 0 aliphatic rings. The van der Waals surface area contributed by atoms with Crippen LogP contribution in [0.25, 0.3) is 0 Å². The van der Waals surface area contributed by atoms with E-state index < -0.39 is 0 Å². The van der Waals surface area contributed by atoms with E-state index in [-0.39, 0.29) is 42.3 Å². The van der Waals surface area contributed by atoms with Gasteiger partial charge in [0.2, 0.25) is 11.8 Å². The maximum Gasteiger partial charge on any atom is 0.254 e. The van der Waals surface area contributed by atoms with E-state index in [9.17, 15) is 14.4 Å². The molecule has 2 aromatic carbocycles. The Morgan fingerprint density at radius 3 is 2.00 bits per heavy atom. The van der Waals surface area contributed by atoms with Gasteiger partial charge >= 0.3 is 0 Å². The summed E-state index contributed by atoms with van der Waals surface area (Å²) in [7, 11) is 0. The fourth-order valence-corrected chi connectivity index (χ4v) is 3.00. The lowest BCUT2D eigenvalue weighted by atomic mass is 9.86. The van der Waals surface area contributed by atoms with Crippen molar-refractivity contribution in [3.05, 3.63) is 65.2 Å². The summed E-state index contributed by atoms with van der Waals surface area (Å²) >= 11 is 0. The van der Waals surface area contributed by atoms with E-state index in [1.165, 1.54) is 4.90 Å². The van der Waals surface area contributed by atoms with Gasteiger partial charge in [0.15, 0.2) is 0 Å². The molecule has 0 saturated heterocycles. The molecule has 3 amide bonds. The first kappa shape index (κ1) is 24.1. The molecule has 6 heteroatoms. The van der Waals surface area contributed by atoms with Crippen LogP contribution in [0.1, 0.15) is 56.1 Å². The van der Waals surface area contributed by atoms with E-state index in [4.69, 9.17) is 0 Å². The van der Waals surface area contributed by atoms with E-state index in [1.807, 2.05) is 45.0 Å². The van der Waals surface area contributed by atoms with E-state index in [1.54, 1.807) is 24.3 Å². The predicted molar refractivity (Wildman–Crippen MR) is 124 cm³/mol. The van der Waals surface area contributed by atoms with Gasteiger partial charge in [0.1, 0.15) is 6.54 Å². The number of nitrogens with one attached hydrogen (secondary N) is 2. The molecule has 0 aromatic heterocycles. The third-order valence-electron chi connectivity index (χ3n) is 4.98. The quantitative estimate of drug-likeness (QED) is 0.709. The van der Waals surface area contributed by atoms with Crippen molar-refractivity contribution in [2.45, 2.75) is 53.0 Å². The van der Waals surface area contributed by atoms with Crippen molar-refractivity contribution in [2.24, 2.45) is 0 Å². The smallest absolute Gasteiger partial charge is 0.254 e. The third-order valence-corrected chi connectivity index (χ3v) is 4.98. The van der Waals surface area contributed by atoms with Crippen molar-refractivity contribution < 1.29 is 14.4 Å². The zero-order valence-corrected chi connectivity index (χ0v) is 19.3. The fraction of sp³-hybridized carbons (Fsp3) is 0.400. The second-order valence-corrected chi connectivity index (χ2v) is 9.05. The lowest BCUT2D eigenvalue weighted by molar-refractivity contribution is -0.124. The molecule has 0 fully saturated rings. The summed E-state index contributed by atoms with van der Waals surface area (Å²) in [5.74, 6) is -0.917. The molecular formula is C25H33N3O3. The third kappa shape index (κ3) is 7.24. The van der Waals surface area contributed by atoms with Crippen LogP contribution in [-0.2, 0) is 15.0 Å². The minimum Gasteiger partial charge on any atom is -0.345 e. The van der Waals surface area contributed by atoms with Gasteiger partial charge in [0.25, 0.3) is 5.91 Å². The van der Waals surface area contributed by atoms with Gasteiger partial charge in [0.05, 0.1) is 6.54 Å². The number of hydrogen-bond acceptors (Lipinski definition) is 3. The van der Waals surface area contributed by atoms with Crippen molar-refractivity contribution >= 4 is 23.4 Å². The Balaban J connectivity index is 1.94. The number of nitrogens with zero attached hydrogens (tertiary/aromatic N) is 1. The van der Waals surface area contributed by atoms with Crippen LogP contribution < -0.4 is 10.6 Å². The normalized spacial score (nSPS) is 11.2. The van der Waals surface area contributed by atoms with Crippen molar-refractivity contribution in [2.75, 3.05) is 18.4 Å². The van der Waals surface area contributed by atoms with Crippen LogP contribution in [0.2, 0.25) is 0 Å². The lowest BCUT2D eigenvalue weighted by Crippen LogP contribution is -2.45. The number of aryl methyl sites for hydroxylation is 1. The first-order valence-electron chi connectivity index (χ1n) is 10.5. The summed E-state index contributed by atoms with van der Waals surface area (Å²) in [6, 6.07) is 14.7. The number of carbonyl (C=O) groups is 3. The van der Waals surface area contributed by atoms with E-state index in [2.05, 4.69) is 31.4 Å². The van der Waals surface area contributed by atoms with Gasteiger partial charge in [-0.15, -0.1) is 0 Å². The number of carbonyl (C=O) groups excluding carboxylic acids is 3. The second kappa shape index (κ2) is 10.2. The van der Waals surface area contributed by atoms with Crippen LogP contribution in [-0.4, -0.2) is 41.8 Å². The molecule has 0 atom stereocenters. The molecule has 0 heterocycles. The zero-order valence-electron chi connectivity index (χ0n) is 19.3. The highest BCUT2D eigenvalue weighted by atomic mass is 16.2. The zero-order chi connectivity index (χ0) is 23.2. The Bertz CT molecular complexity index is 911. The molecule has 2 N–H and O–H groups in total. The number of anilines is 1. The Kier molecular flexibility index (Phi) is 7.97. The summed E-state index contributed by atoms with van der Waals surface area (Å²) in [6.07, 6.45) is 0. The Morgan fingerprint density at radius 1 is 0.903 bits per heavy atom. The van der Waals surface area contributed by atoms with Crippen molar-refractivity contribution in [3.8, 4) is 0 Å². The molecule has 0 spiro atoms. The predicted octanol–water partition coefficient (Wildman–Crippen LogP) is 3.90. The molecule has 0 aliphatic heterocycles. The molecule has 2 aromatic rings. The average molecular weight is 424 g/mol. The standard InChI is InChI=1S/C25H33N3O3/c1-17(2)28(24(31)19-9-11-20(12-10-19)25(4,5)6)16-23(30)26-15-22(29)27-21-13-7-18(3)8-14-21/h7-14,17H,15-16H2,1-6H3,(H,26,30)(H,27,29). The summed E-state index contributed by atoms with van der Waals surface area (Å²) in [6.45, 7) is 11.8. The van der Waals surface area contributed by atoms with Crippen LogP contribution in [0.15, 0.2) is 48.5 Å². The van der Waals surface area contributed by atoms with Crippen LogP contribution in [0.3, 0.4) is 0 Å². The number of rotatable bonds is 7. The fourth-order valence-electron chi connectivity index (χ4n) is 3.00. The highest BCUT2D eigenvalue weighted by Crippen LogP contribution is 2.22. The highest BCUT2D eigenvalue weighted by Gasteiger charge is 2.22. The summed E-state index contributed by atoms with van der Waals surface area (Å²) in [4.78, 5) is 38.9. The molecule has 2 rings (SSSR count). The summed E-state index contributed by atoms with van der Waals surface area (Å²) < 4.78 is 0. The molecule has 0 radical (unpaired) electrons. The first-order valence-corrected chi connectivity index (χ1v) is 10.5. The Morgan fingerprint density at radius 2 is 1.48 bits per heavy atom. The Labute approximate surface area is 185 Å². The molecule has 0 aliphatic carbocycles.